The molecule has 0 unspecified atom stereocenters. The minimum absolute atomic E-state index is 0.0302. The number of aryl methyl sites for hydroxylation is 1. The Morgan fingerprint density at radius 3 is 2.29 bits per heavy atom. The number of sulfonamides is 1. The molecule has 1 N–H and O–H groups in total. The number of likely N-dealkylation sites (N-methyl/N-ethyl adjacent to an activating group) is 1. The van der Waals surface area contributed by atoms with Gasteiger partial charge >= 0.3 is 0 Å². The van der Waals surface area contributed by atoms with Gasteiger partial charge in [-0.05, 0) is 55.4 Å². The molecule has 2 aromatic carbocycles. The van der Waals surface area contributed by atoms with Crippen LogP contribution < -0.4 is 4.72 Å². The summed E-state index contributed by atoms with van der Waals surface area (Å²) in [4.78, 5) is 4.44. The van der Waals surface area contributed by atoms with Crippen LogP contribution in [0.3, 0.4) is 0 Å². The van der Waals surface area contributed by atoms with Gasteiger partial charge in [-0.2, -0.15) is 0 Å². The Morgan fingerprint density at radius 2 is 1.68 bits per heavy atom. The first kappa shape index (κ1) is 20.9. The first-order chi connectivity index (χ1) is 13.3. The van der Waals surface area contributed by atoms with Crippen molar-refractivity contribution in [2.75, 3.05) is 39.8 Å². The van der Waals surface area contributed by atoms with E-state index in [2.05, 4.69) is 14.5 Å². The third-order valence-corrected chi connectivity index (χ3v) is 6.56. The van der Waals surface area contributed by atoms with Crippen LogP contribution in [-0.4, -0.2) is 58.0 Å². The normalized spacial score (nSPS) is 17.6. The van der Waals surface area contributed by atoms with Crippen molar-refractivity contribution >= 4 is 10.0 Å². The first-order valence-electron chi connectivity index (χ1n) is 9.20. The second-order valence-corrected chi connectivity index (χ2v) is 8.94. The van der Waals surface area contributed by atoms with Crippen LogP contribution in [0.25, 0.3) is 0 Å². The predicted molar refractivity (Wildman–Crippen MR) is 105 cm³/mol. The minimum Gasteiger partial charge on any atom is -0.304 e. The fraction of sp³-hybridized carbons (Fsp3) is 0.400. The number of nitrogens with zero attached hydrogens (tertiary/aromatic N) is 2. The molecule has 8 heteroatoms. The van der Waals surface area contributed by atoms with Crippen LogP contribution in [0.1, 0.15) is 17.2 Å². The molecule has 0 radical (unpaired) electrons. The Bertz CT molecular complexity index is 912. The number of hydrogen-bond acceptors (Lipinski definition) is 4. The summed E-state index contributed by atoms with van der Waals surface area (Å²) in [5.41, 5.74) is 1.13. The smallest absolute Gasteiger partial charge is 0.240 e. The molecule has 1 saturated heterocycles. The van der Waals surface area contributed by atoms with E-state index in [0.717, 1.165) is 37.8 Å². The van der Waals surface area contributed by atoms with E-state index >= 15 is 0 Å². The molecule has 2 aromatic rings. The topological polar surface area (TPSA) is 52.7 Å². The Kier molecular flexibility index (Phi) is 6.44. The lowest BCUT2D eigenvalue weighted by atomic mass is 10.0. The summed E-state index contributed by atoms with van der Waals surface area (Å²) in [5, 5.41) is 0. The monoisotopic (exact) mass is 409 g/mol. The van der Waals surface area contributed by atoms with Gasteiger partial charge in [0.05, 0.1) is 4.90 Å². The Morgan fingerprint density at radius 1 is 1.04 bits per heavy atom. The van der Waals surface area contributed by atoms with Crippen molar-refractivity contribution in [3.05, 3.63) is 65.2 Å². The molecular formula is C20H25F2N3O2S. The third kappa shape index (κ3) is 4.94. The van der Waals surface area contributed by atoms with E-state index in [1.807, 2.05) is 7.05 Å². The number of piperazine rings is 1. The van der Waals surface area contributed by atoms with E-state index in [1.54, 1.807) is 12.1 Å². The van der Waals surface area contributed by atoms with Gasteiger partial charge in [0.15, 0.2) is 0 Å². The lowest BCUT2D eigenvalue weighted by molar-refractivity contribution is 0.113. The molecule has 0 saturated carbocycles. The van der Waals surface area contributed by atoms with Crippen molar-refractivity contribution in [2.45, 2.75) is 17.9 Å². The molecule has 1 aliphatic rings. The van der Waals surface area contributed by atoms with Crippen LogP contribution >= 0.6 is 0 Å². The Labute approximate surface area is 165 Å². The molecular weight excluding hydrogens is 384 g/mol. The number of hydrogen-bond donors (Lipinski definition) is 1. The Hall–Kier alpha value is -1.87. The molecule has 5 nitrogen and oxygen atoms in total. The maximum Gasteiger partial charge on any atom is 0.240 e. The number of benzene rings is 2. The molecule has 0 aliphatic carbocycles. The quantitative estimate of drug-likeness (QED) is 0.797. The fourth-order valence-electron chi connectivity index (χ4n) is 3.33. The summed E-state index contributed by atoms with van der Waals surface area (Å²) < 4.78 is 54.9. The van der Waals surface area contributed by atoms with Gasteiger partial charge in [0, 0.05) is 38.8 Å². The molecule has 3 rings (SSSR count). The lowest BCUT2D eigenvalue weighted by Crippen LogP contribution is -2.48. The minimum atomic E-state index is -3.79. The average molecular weight is 410 g/mol. The zero-order valence-electron chi connectivity index (χ0n) is 16.0. The van der Waals surface area contributed by atoms with Crippen LogP contribution in [0.15, 0.2) is 47.4 Å². The highest BCUT2D eigenvalue weighted by atomic mass is 32.2. The van der Waals surface area contributed by atoms with Crippen molar-refractivity contribution < 1.29 is 17.2 Å². The predicted octanol–water partition coefficient (Wildman–Crippen LogP) is 2.54. The zero-order valence-corrected chi connectivity index (χ0v) is 16.8. The van der Waals surface area contributed by atoms with E-state index in [1.165, 1.54) is 31.2 Å². The van der Waals surface area contributed by atoms with Crippen molar-refractivity contribution in [1.29, 1.82) is 0 Å². The second-order valence-electron chi connectivity index (χ2n) is 7.17. The van der Waals surface area contributed by atoms with Crippen molar-refractivity contribution in [3.63, 3.8) is 0 Å². The van der Waals surface area contributed by atoms with Gasteiger partial charge in [0.2, 0.25) is 10.0 Å². The van der Waals surface area contributed by atoms with Crippen LogP contribution in [-0.2, 0) is 10.0 Å². The van der Waals surface area contributed by atoms with Crippen molar-refractivity contribution in [2.24, 2.45) is 0 Å². The molecule has 28 heavy (non-hydrogen) atoms. The Balaban J connectivity index is 1.80. The number of nitrogens with one attached hydrogen (secondary N) is 1. The zero-order chi connectivity index (χ0) is 20.3. The van der Waals surface area contributed by atoms with Gasteiger partial charge in [-0.3, -0.25) is 4.90 Å². The van der Waals surface area contributed by atoms with Gasteiger partial charge in [-0.1, -0.05) is 12.1 Å². The van der Waals surface area contributed by atoms with Crippen molar-refractivity contribution in [1.82, 2.24) is 14.5 Å². The van der Waals surface area contributed by atoms with Gasteiger partial charge in [-0.25, -0.2) is 21.9 Å². The van der Waals surface area contributed by atoms with Gasteiger partial charge in [-0.15, -0.1) is 0 Å². The van der Waals surface area contributed by atoms with Crippen LogP contribution in [0.2, 0.25) is 0 Å². The standard InChI is InChI=1S/C20H25F2N3O2S/c1-15-13-18(7-8-19(15)22)28(26,27)23-14-20(16-3-5-17(21)6-4-16)25-11-9-24(2)10-12-25/h3-8,13,20,23H,9-12,14H2,1-2H3/t20-/m1/s1. The van der Waals surface area contributed by atoms with E-state index in [9.17, 15) is 17.2 Å². The van der Waals surface area contributed by atoms with E-state index in [4.69, 9.17) is 0 Å². The summed E-state index contributed by atoms with van der Waals surface area (Å²) in [6, 6.07) is 9.66. The highest BCUT2D eigenvalue weighted by Gasteiger charge is 2.26. The van der Waals surface area contributed by atoms with E-state index in [0.29, 0.717) is 0 Å². The van der Waals surface area contributed by atoms with Crippen LogP contribution in [0.5, 0.6) is 0 Å². The van der Waals surface area contributed by atoms with E-state index < -0.39 is 15.8 Å². The van der Waals surface area contributed by atoms with E-state index in [-0.39, 0.29) is 28.9 Å². The maximum absolute atomic E-state index is 13.5. The van der Waals surface area contributed by atoms with Crippen molar-refractivity contribution in [3.8, 4) is 0 Å². The summed E-state index contributed by atoms with van der Waals surface area (Å²) in [6.07, 6.45) is 0. The number of rotatable bonds is 6. The molecule has 152 valence electrons. The van der Waals surface area contributed by atoms with Crippen LogP contribution in [0.4, 0.5) is 8.78 Å². The van der Waals surface area contributed by atoms with Gasteiger partial charge < -0.3 is 4.90 Å². The molecule has 1 aliphatic heterocycles. The summed E-state index contributed by atoms with van der Waals surface area (Å²) in [6.45, 7) is 5.00. The highest BCUT2D eigenvalue weighted by molar-refractivity contribution is 7.89. The molecule has 0 bridgehead atoms. The average Bonchev–Trinajstić information content (AvgIpc) is 2.66. The maximum atomic E-state index is 13.5. The summed E-state index contributed by atoms with van der Waals surface area (Å²) >= 11 is 0. The summed E-state index contributed by atoms with van der Waals surface area (Å²) in [7, 11) is -1.74. The van der Waals surface area contributed by atoms with Crippen LogP contribution in [0, 0.1) is 18.6 Å². The SMILES string of the molecule is Cc1cc(S(=O)(=O)NC[C@H](c2ccc(F)cc2)N2CCN(C)CC2)ccc1F. The fourth-order valence-corrected chi connectivity index (χ4v) is 4.46. The first-order valence-corrected chi connectivity index (χ1v) is 10.7. The molecule has 0 spiro atoms. The molecule has 1 atom stereocenters. The third-order valence-electron chi connectivity index (χ3n) is 5.14. The second kappa shape index (κ2) is 8.65. The number of halogens is 2. The van der Waals surface area contributed by atoms with Gasteiger partial charge in [0.25, 0.3) is 0 Å². The molecule has 0 aromatic heterocycles. The largest absolute Gasteiger partial charge is 0.304 e. The highest BCUT2D eigenvalue weighted by Crippen LogP contribution is 2.23. The summed E-state index contributed by atoms with van der Waals surface area (Å²) in [5.74, 6) is -0.774. The molecule has 1 heterocycles. The molecule has 0 amide bonds. The lowest BCUT2D eigenvalue weighted by Gasteiger charge is -2.38. The van der Waals surface area contributed by atoms with Gasteiger partial charge in [0.1, 0.15) is 11.6 Å². The molecule has 1 fully saturated rings.